The summed E-state index contributed by atoms with van der Waals surface area (Å²) in [4.78, 5) is 4.26. The highest BCUT2D eigenvalue weighted by Gasteiger charge is 2.11. The van der Waals surface area contributed by atoms with Crippen LogP contribution in [0.1, 0.15) is 18.4 Å². The zero-order valence-electron chi connectivity index (χ0n) is 6.49. The number of rotatable bonds is 0. The number of nitrogens with zero attached hydrogens (tertiary/aromatic N) is 1. The van der Waals surface area contributed by atoms with Gasteiger partial charge in [0, 0.05) is 20.5 Å². The van der Waals surface area contributed by atoms with E-state index in [1.54, 1.807) is 0 Å². The van der Waals surface area contributed by atoms with Gasteiger partial charge in [0.1, 0.15) is 0 Å². The first-order valence-electron chi connectivity index (χ1n) is 3.51. The van der Waals surface area contributed by atoms with Crippen molar-refractivity contribution in [3.8, 4) is 0 Å². The maximum absolute atomic E-state index is 4.26. The molecule has 0 aromatic heterocycles. The van der Waals surface area contributed by atoms with Gasteiger partial charge in [0.2, 0.25) is 0 Å². The minimum atomic E-state index is 0. The molecule has 1 aromatic rings. The Kier molecular flexibility index (Phi) is 2.13. The lowest BCUT2D eigenvalue weighted by molar-refractivity contribution is 1.08. The number of para-hydroxylation sites is 1. The summed E-state index contributed by atoms with van der Waals surface area (Å²) in [7, 11) is 0. The van der Waals surface area contributed by atoms with Crippen molar-refractivity contribution in [2.24, 2.45) is 4.99 Å². The minimum absolute atomic E-state index is 0. The Hall–Kier alpha value is -1.05. The van der Waals surface area contributed by atoms with Gasteiger partial charge in [-0.3, -0.25) is 4.99 Å². The van der Waals surface area contributed by atoms with Crippen LogP contribution in [-0.2, 0) is 0 Å². The van der Waals surface area contributed by atoms with Crippen LogP contribution in [0, 0.1) is 0 Å². The number of benzene rings is 1. The van der Waals surface area contributed by atoms with Crippen molar-refractivity contribution in [2.75, 3.05) is 0 Å². The third kappa shape index (κ3) is 1.21. The summed E-state index contributed by atoms with van der Waals surface area (Å²) in [5.41, 5.74) is 2.48. The van der Waals surface area contributed by atoms with Crippen LogP contribution in [0.25, 0.3) is 0 Å². The van der Waals surface area contributed by atoms with Crippen molar-refractivity contribution in [3.05, 3.63) is 29.8 Å². The highest BCUT2D eigenvalue weighted by Crippen LogP contribution is 2.30. The van der Waals surface area contributed by atoms with Crippen molar-refractivity contribution < 1.29 is 0 Å². The SMILES string of the molecule is CC1C=Nc2ccccc21.[B]. The van der Waals surface area contributed by atoms with Crippen LogP contribution in [0.2, 0.25) is 0 Å². The summed E-state index contributed by atoms with van der Waals surface area (Å²) in [6.45, 7) is 2.16. The fourth-order valence-electron chi connectivity index (χ4n) is 1.26. The lowest BCUT2D eigenvalue weighted by atomic mass is 10.0. The molecule has 0 spiro atoms. The van der Waals surface area contributed by atoms with Gasteiger partial charge in [-0.15, -0.1) is 0 Å². The zero-order chi connectivity index (χ0) is 6.97. The summed E-state index contributed by atoms with van der Waals surface area (Å²) >= 11 is 0. The normalized spacial score (nSPS) is 19.2. The molecular weight excluding hydrogens is 133 g/mol. The van der Waals surface area contributed by atoms with Crippen LogP contribution in [0.4, 0.5) is 5.69 Å². The van der Waals surface area contributed by atoms with Gasteiger partial charge in [-0.1, -0.05) is 25.1 Å². The molecule has 53 valence electrons. The highest BCUT2D eigenvalue weighted by molar-refractivity contribution is 5.79. The van der Waals surface area contributed by atoms with Crippen LogP contribution in [0.15, 0.2) is 29.3 Å². The predicted octanol–water partition coefficient (Wildman–Crippen LogP) is 2.13. The van der Waals surface area contributed by atoms with Crippen molar-refractivity contribution >= 4 is 20.3 Å². The molecule has 1 unspecified atom stereocenters. The molecule has 1 atom stereocenters. The van der Waals surface area contributed by atoms with Gasteiger partial charge < -0.3 is 0 Å². The van der Waals surface area contributed by atoms with Crippen LogP contribution >= 0.6 is 0 Å². The van der Waals surface area contributed by atoms with E-state index in [1.807, 2.05) is 12.3 Å². The van der Waals surface area contributed by atoms with E-state index in [2.05, 4.69) is 30.1 Å². The Morgan fingerprint density at radius 1 is 1.27 bits per heavy atom. The highest BCUT2D eigenvalue weighted by atomic mass is 14.8. The molecule has 1 nitrogen and oxygen atoms in total. The van der Waals surface area contributed by atoms with Gasteiger partial charge in [0.15, 0.2) is 0 Å². The van der Waals surface area contributed by atoms with E-state index in [0.29, 0.717) is 5.92 Å². The lowest BCUT2D eigenvalue weighted by Crippen LogP contribution is -1.86. The summed E-state index contributed by atoms with van der Waals surface area (Å²) in [6, 6.07) is 8.26. The van der Waals surface area contributed by atoms with Crippen molar-refractivity contribution in [1.82, 2.24) is 0 Å². The van der Waals surface area contributed by atoms with Gasteiger partial charge in [0.05, 0.1) is 5.69 Å². The van der Waals surface area contributed by atoms with Crippen molar-refractivity contribution in [3.63, 3.8) is 0 Å². The van der Waals surface area contributed by atoms with E-state index in [0.717, 1.165) is 5.69 Å². The second-order valence-electron chi connectivity index (χ2n) is 2.63. The van der Waals surface area contributed by atoms with Crippen LogP contribution < -0.4 is 0 Å². The monoisotopic (exact) mass is 142 g/mol. The van der Waals surface area contributed by atoms with E-state index in [-0.39, 0.29) is 8.41 Å². The molecule has 3 radical (unpaired) electrons. The maximum Gasteiger partial charge on any atom is 0.0664 e. The molecule has 11 heavy (non-hydrogen) atoms. The van der Waals surface area contributed by atoms with E-state index < -0.39 is 0 Å². The number of hydrogen-bond donors (Lipinski definition) is 0. The Morgan fingerprint density at radius 2 is 2.00 bits per heavy atom. The summed E-state index contributed by atoms with van der Waals surface area (Å²) in [6.07, 6.45) is 1.99. The van der Waals surface area contributed by atoms with Crippen LogP contribution in [-0.4, -0.2) is 14.6 Å². The standard InChI is InChI=1S/C9H9N.B/c1-7-6-10-9-5-3-2-4-8(7)9;/h2-7H,1H3;. The lowest BCUT2D eigenvalue weighted by Gasteiger charge is -1.99. The van der Waals surface area contributed by atoms with Gasteiger partial charge in [-0.05, 0) is 11.6 Å². The van der Waals surface area contributed by atoms with Gasteiger partial charge in [0.25, 0.3) is 0 Å². The fraction of sp³-hybridized carbons (Fsp3) is 0.222. The first-order valence-corrected chi connectivity index (χ1v) is 3.51. The summed E-state index contributed by atoms with van der Waals surface area (Å²) in [5, 5.41) is 0. The first kappa shape index (κ1) is 8.06. The molecule has 0 aliphatic carbocycles. The molecule has 0 N–H and O–H groups in total. The third-order valence-corrected chi connectivity index (χ3v) is 1.86. The Bertz CT molecular complexity index is 281. The molecule has 1 aromatic carbocycles. The quantitative estimate of drug-likeness (QED) is 0.492. The van der Waals surface area contributed by atoms with Crippen LogP contribution in [0.3, 0.4) is 0 Å². The zero-order valence-corrected chi connectivity index (χ0v) is 6.49. The maximum atomic E-state index is 4.26. The molecule has 0 fully saturated rings. The molecule has 2 heteroatoms. The number of fused-ring (bicyclic) bond motifs is 1. The molecule has 0 saturated carbocycles. The largest absolute Gasteiger partial charge is 0.260 e. The van der Waals surface area contributed by atoms with E-state index in [4.69, 9.17) is 0 Å². The average molecular weight is 142 g/mol. The van der Waals surface area contributed by atoms with Gasteiger partial charge >= 0.3 is 0 Å². The minimum Gasteiger partial charge on any atom is -0.260 e. The number of aliphatic imine (C=N–C) groups is 1. The fourth-order valence-corrected chi connectivity index (χ4v) is 1.26. The Labute approximate surface area is 68.7 Å². The third-order valence-electron chi connectivity index (χ3n) is 1.86. The van der Waals surface area contributed by atoms with Gasteiger partial charge in [-0.2, -0.15) is 0 Å². The Balaban J connectivity index is 0.000000605. The van der Waals surface area contributed by atoms with Crippen molar-refractivity contribution in [1.29, 1.82) is 0 Å². The smallest absolute Gasteiger partial charge is 0.0664 e. The van der Waals surface area contributed by atoms with Crippen LogP contribution in [0.5, 0.6) is 0 Å². The predicted molar refractivity (Wildman–Crippen MR) is 48.8 cm³/mol. The molecule has 0 bridgehead atoms. The number of hydrogen-bond acceptors (Lipinski definition) is 1. The second kappa shape index (κ2) is 2.91. The van der Waals surface area contributed by atoms with E-state index in [9.17, 15) is 0 Å². The molecule has 2 rings (SSSR count). The molecule has 1 heterocycles. The average Bonchev–Trinajstić information content (AvgIpc) is 2.34. The molecule has 0 saturated heterocycles. The van der Waals surface area contributed by atoms with E-state index in [1.165, 1.54) is 5.56 Å². The molecule has 0 amide bonds. The molecule has 1 aliphatic heterocycles. The Morgan fingerprint density at radius 3 is 2.73 bits per heavy atom. The first-order chi connectivity index (χ1) is 4.88. The van der Waals surface area contributed by atoms with Crippen molar-refractivity contribution in [2.45, 2.75) is 12.8 Å². The summed E-state index contributed by atoms with van der Waals surface area (Å²) in [5.74, 6) is 0.510. The molecular formula is C9H9BN. The van der Waals surface area contributed by atoms with E-state index >= 15 is 0 Å². The molecule has 1 aliphatic rings. The second-order valence-corrected chi connectivity index (χ2v) is 2.63. The topological polar surface area (TPSA) is 12.4 Å². The van der Waals surface area contributed by atoms with Gasteiger partial charge in [-0.25, -0.2) is 0 Å². The summed E-state index contributed by atoms with van der Waals surface area (Å²) < 4.78 is 0.